The van der Waals surface area contributed by atoms with Crippen molar-refractivity contribution in [3.8, 4) is 11.8 Å². The number of aryl methyl sites for hydroxylation is 1. The van der Waals surface area contributed by atoms with Crippen molar-refractivity contribution in [2.24, 2.45) is 0 Å². The molecule has 1 amide bonds. The average Bonchev–Trinajstić information content (AvgIpc) is 2.67. The number of anilines is 1. The fraction of sp³-hybridized carbons (Fsp3) is 0.300. The Hall–Kier alpha value is -3.00. The summed E-state index contributed by atoms with van der Waals surface area (Å²) in [6.07, 6.45) is 0. The van der Waals surface area contributed by atoms with E-state index in [1.54, 1.807) is 0 Å². The predicted octanol–water partition coefficient (Wildman–Crippen LogP) is 2.59. The Morgan fingerprint density at radius 3 is 2.28 bits per heavy atom. The fourth-order valence-electron chi connectivity index (χ4n) is 2.83. The Labute approximate surface area is 148 Å². The zero-order chi connectivity index (χ0) is 17.6. The number of amides is 1. The van der Waals surface area contributed by atoms with Gasteiger partial charge in [0, 0.05) is 31.9 Å². The summed E-state index contributed by atoms with van der Waals surface area (Å²) < 4.78 is 5.58. The first-order chi connectivity index (χ1) is 12.2. The third-order valence-electron chi connectivity index (χ3n) is 4.38. The van der Waals surface area contributed by atoms with Crippen molar-refractivity contribution in [2.75, 3.05) is 37.7 Å². The summed E-state index contributed by atoms with van der Waals surface area (Å²) in [4.78, 5) is 16.4. The van der Waals surface area contributed by atoms with Gasteiger partial charge >= 0.3 is 0 Å². The number of rotatable bonds is 4. The maximum atomic E-state index is 12.3. The Kier molecular flexibility index (Phi) is 5.20. The van der Waals surface area contributed by atoms with E-state index in [0.717, 1.165) is 30.1 Å². The van der Waals surface area contributed by atoms with Gasteiger partial charge in [-0.25, -0.2) is 0 Å². The second-order valence-corrected chi connectivity index (χ2v) is 6.13. The molecule has 0 aliphatic carbocycles. The topological polar surface area (TPSA) is 56.6 Å². The molecule has 1 saturated heterocycles. The number of nitrogens with zero attached hydrogens (tertiary/aromatic N) is 3. The highest BCUT2D eigenvalue weighted by Gasteiger charge is 2.21. The van der Waals surface area contributed by atoms with Gasteiger partial charge in [0.15, 0.2) is 6.61 Å². The lowest BCUT2D eigenvalue weighted by molar-refractivity contribution is -0.133. The van der Waals surface area contributed by atoms with Crippen LogP contribution in [0.5, 0.6) is 5.75 Å². The van der Waals surface area contributed by atoms with E-state index in [9.17, 15) is 4.79 Å². The maximum Gasteiger partial charge on any atom is 0.260 e. The highest BCUT2D eigenvalue weighted by molar-refractivity contribution is 5.78. The summed E-state index contributed by atoms with van der Waals surface area (Å²) in [7, 11) is 0. The molecule has 0 radical (unpaired) electrons. The van der Waals surface area contributed by atoms with Crippen molar-refractivity contribution >= 4 is 11.6 Å². The molecule has 3 rings (SSSR count). The van der Waals surface area contributed by atoms with Gasteiger partial charge in [-0.15, -0.1) is 0 Å². The van der Waals surface area contributed by atoms with E-state index in [2.05, 4.69) is 11.0 Å². The molecular formula is C20H21N3O2. The zero-order valence-electron chi connectivity index (χ0n) is 14.3. The van der Waals surface area contributed by atoms with Gasteiger partial charge in [0.2, 0.25) is 0 Å². The molecule has 0 unspecified atom stereocenters. The number of hydrogen-bond acceptors (Lipinski definition) is 4. The van der Waals surface area contributed by atoms with E-state index in [-0.39, 0.29) is 12.5 Å². The molecule has 1 heterocycles. The summed E-state index contributed by atoms with van der Waals surface area (Å²) in [5.41, 5.74) is 2.91. The quantitative estimate of drug-likeness (QED) is 0.862. The standard InChI is InChI=1S/C20H21N3O2/c1-16-2-8-19(9-3-16)25-15-20(24)23-12-10-22(11-13-23)18-6-4-17(14-21)5-7-18/h2-9H,10-13,15H2,1H3. The maximum absolute atomic E-state index is 12.3. The van der Waals surface area contributed by atoms with E-state index in [0.29, 0.717) is 18.7 Å². The summed E-state index contributed by atoms with van der Waals surface area (Å²) in [6.45, 7) is 5.00. The third kappa shape index (κ3) is 4.30. The number of carbonyl (C=O) groups excluding carboxylic acids is 1. The number of nitriles is 1. The van der Waals surface area contributed by atoms with Crippen molar-refractivity contribution in [1.82, 2.24) is 4.90 Å². The summed E-state index contributed by atoms with van der Waals surface area (Å²) in [5, 5.41) is 8.86. The number of carbonyl (C=O) groups is 1. The molecule has 0 N–H and O–H groups in total. The molecule has 0 saturated carbocycles. The van der Waals surface area contributed by atoms with Crippen LogP contribution in [0.3, 0.4) is 0 Å². The zero-order valence-corrected chi connectivity index (χ0v) is 14.3. The highest BCUT2D eigenvalue weighted by atomic mass is 16.5. The van der Waals surface area contributed by atoms with Crippen molar-refractivity contribution in [1.29, 1.82) is 5.26 Å². The number of hydrogen-bond donors (Lipinski definition) is 0. The first-order valence-electron chi connectivity index (χ1n) is 8.38. The van der Waals surface area contributed by atoms with Crippen LogP contribution >= 0.6 is 0 Å². The molecule has 0 bridgehead atoms. The molecular weight excluding hydrogens is 314 g/mol. The van der Waals surface area contributed by atoms with Crippen LogP contribution in [-0.2, 0) is 4.79 Å². The Morgan fingerprint density at radius 1 is 1.04 bits per heavy atom. The van der Waals surface area contributed by atoms with Crippen LogP contribution in [0.1, 0.15) is 11.1 Å². The van der Waals surface area contributed by atoms with Gasteiger partial charge in [-0.2, -0.15) is 5.26 Å². The SMILES string of the molecule is Cc1ccc(OCC(=O)N2CCN(c3ccc(C#N)cc3)CC2)cc1. The van der Waals surface area contributed by atoms with Crippen molar-refractivity contribution < 1.29 is 9.53 Å². The molecule has 1 aliphatic heterocycles. The molecule has 2 aromatic carbocycles. The fourth-order valence-corrected chi connectivity index (χ4v) is 2.83. The van der Waals surface area contributed by atoms with Gasteiger partial charge in [0.1, 0.15) is 5.75 Å². The van der Waals surface area contributed by atoms with Gasteiger partial charge in [0.25, 0.3) is 5.91 Å². The Bertz CT molecular complexity index is 755. The number of benzene rings is 2. The van der Waals surface area contributed by atoms with Gasteiger partial charge in [-0.1, -0.05) is 17.7 Å². The molecule has 1 aliphatic rings. The summed E-state index contributed by atoms with van der Waals surface area (Å²) in [5.74, 6) is 0.732. The highest BCUT2D eigenvalue weighted by Crippen LogP contribution is 2.17. The minimum Gasteiger partial charge on any atom is -0.484 e. The van der Waals surface area contributed by atoms with Gasteiger partial charge in [-0.05, 0) is 43.3 Å². The minimum atomic E-state index is 0.0139. The first kappa shape index (κ1) is 16.8. The summed E-state index contributed by atoms with van der Waals surface area (Å²) >= 11 is 0. The molecule has 1 fully saturated rings. The van der Waals surface area contributed by atoms with Gasteiger partial charge in [-0.3, -0.25) is 4.79 Å². The van der Waals surface area contributed by atoms with E-state index < -0.39 is 0 Å². The Balaban J connectivity index is 1.48. The molecule has 5 heteroatoms. The normalized spacial score (nSPS) is 14.1. The lowest BCUT2D eigenvalue weighted by Crippen LogP contribution is -2.50. The van der Waals surface area contributed by atoms with Crippen LogP contribution in [-0.4, -0.2) is 43.6 Å². The second kappa shape index (κ2) is 7.71. The van der Waals surface area contributed by atoms with Crippen molar-refractivity contribution in [2.45, 2.75) is 6.92 Å². The second-order valence-electron chi connectivity index (χ2n) is 6.13. The van der Waals surface area contributed by atoms with Crippen LogP contribution < -0.4 is 9.64 Å². The van der Waals surface area contributed by atoms with Crippen molar-refractivity contribution in [3.63, 3.8) is 0 Å². The molecule has 5 nitrogen and oxygen atoms in total. The summed E-state index contributed by atoms with van der Waals surface area (Å²) in [6, 6.07) is 17.4. The number of ether oxygens (including phenoxy) is 1. The molecule has 0 spiro atoms. The van der Waals surface area contributed by atoms with Gasteiger partial charge in [0.05, 0.1) is 11.6 Å². The van der Waals surface area contributed by atoms with Crippen LogP contribution in [0.15, 0.2) is 48.5 Å². The minimum absolute atomic E-state index is 0.0139. The Morgan fingerprint density at radius 2 is 1.68 bits per heavy atom. The van der Waals surface area contributed by atoms with Gasteiger partial charge < -0.3 is 14.5 Å². The van der Waals surface area contributed by atoms with Crippen LogP contribution in [0, 0.1) is 18.3 Å². The van der Waals surface area contributed by atoms with E-state index in [1.165, 1.54) is 0 Å². The lowest BCUT2D eigenvalue weighted by Gasteiger charge is -2.36. The first-order valence-corrected chi connectivity index (χ1v) is 8.38. The molecule has 0 aromatic heterocycles. The largest absolute Gasteiger partial charge is 0.484 e. The van der Waals surface area contributed by atoms with Crippen LogP contribution in [0.2, 0.25) is 0 Å². The molecule has 25 heavy (non-hydrogen) atoms. The van der Waals surface area contributed by atoms with E-state index in [4.69, 9.17) is 10.00 Å². The van der Waals surface area contributed by atoms with Crippen LogP contribution in [0.4, 0.5) is 5.69 Å². The van der Waals surface area contributed by atoms with Crippen LogP contribution in [0.25, 0.3) is 0 Å². The molecule has 0 atom stereocenters. The average molecular weight is 335 g/mol. The molecule has 2 aromatic rings. The monoisotopic (exact) mass is 335 g/mol. The van der Waals surface area contributed by atoms with Crippen molar-refractivity contribution in [3.05, 3.63) is 59.7 Å². The predicted molar refractivity (Wildman–Crippen MR) is 96.6 cm³/mol. The van der Waals surface area contributed by atoms with E-state index >= 15 is 0 Å². The third-order valence-corrected chi connectivity index (χ3v) is 4.38. The van der Waals surface area contributed by atoms with E-state index in [1.807, 2.05) is 60.4 Å². The smallest absolute Gasteiger partial charge is 0.260 e. The number of piperazine rings is 1. The lowest BCUT2D eigenvalue weighted by atomic mass is 10.2. The molecule has 128 valence electrons.